The summed E-state index contributed by atoms with van der Waals surface area (Å²) >= 11 is 0. The third-order valence-electron chi connectivity index (χ3n) is 3.66. The van der Waals surface area contributed by atoms with Gasteiger partial charge in [0.15, 0.2) is 0 Å². The molecule has 0 aliphatic carbocycles. The summed E-state index contributed by atoms with van der Waals surface area (Å²) in [6.07, 6.45) is 5.55. The Bertz CT molecular complexity index is 457. The molecule has 1 aliphatic rings. The highest BCUT2D eigenvalue weighted by Crippen LogP contribution is 2.17. The first-order valence-corrected chi connectivity index (χ1v) is 7.23. The molecule has 1 saturated heterocycles. The van der Waals surface area contributed by atoms with Gasteiger partial charge in [0.2, 0.25) is 5.91 Å². The lowest BCUT2D eigenvalue weighted by molar-refractivity contribution is -0.131. The highest BCUT2D eigenvalue weighted by molar-refractivity contribution is 5.76. The van der Waals surface area contributed by atoms with Crippen LogP contribution < -0.4 is 10.6 Å². The molecule has 2 N–H and O–H groups in total. The van der Waals surface area contributed by atoms with Gasteiger partial charge >= 0.3 is 0 Å². The van der Waals surface area contributed by atoms with E-state index in [1.165, 1.54) is 12.7 Å². The van der Waals surface area contributed by atoms with Crippen molar-refractivity contribution in [1.29, 1.82) is 0 Å². The van der Waals surface area contributed by atoms with Crippen molar-refractivity contribution in [3.63, 3.8) is 0 Å². The lowest BCUT2D eigenvalue weighted by atomic mass is 10.1. The van der Waals surface area contributed by atoms with Crippen LogP contribution in [0, 0.1) is 6.92 Å². The van der Waals surface area contributed by atoms with Crippen molar-refractivity contribution in [1.82, 2.24) is 14.9 Å². The standard InChI is InChI=1S/C14H23N5O/c1-11-13(15-2)17-10-18-14(11)16-7-6-12(20)19-8-4-3-5-9-19/h10H,3-9H2,1-2H3,(H2,15,16,17,18). The topological polar surface area (TPSA) is 70.1 Å². The summed E-state index contributed by atoms with van der Waals surface area (Å²) in [6.45, 7) is 4.39. The fourth-order valence-electron chi connectivity index (χ4n) is 2.47. The number of carbonyl (C=O) groups is 1. The number of anilines is 2. The van der Waals surface area contributed by atoms with Crippen LogP contribution in [0.25, 0.3) is 0 Å². The molecule has 6 heteroatoms. The van der Waals surface area contributed by atoms with Gasteiger partial charge in [-0.1, -0.05) is 0 Å². The van der Waals surface area contributed by atoms with Crippen molar-refractivity contribution >= 4 is 17.5 Å². The lowest BCUT2D eigenvalue weighted by Crippen LogP contribution is -2.36. The molecular weight excluding hydrogens is 254 g/mol. The second kappa shape index (κ2) is 7.07. The molecule has 0 unspecified atom stereocenters. The SMILES string of the molecule is CNc1ncnc(NCCC(=O)N2CCCCC2)c1C. The highest BCUT2D eigenvalue weighted by Gasteiger charge is 2.16. The van der Waals surface area contributed by atoms with E-state index in [0.717, 1.165) is 43.1 Å². The van der Waals surface area contributed by atoms with E-state index in [9.17, 15) is 4.79 Å². The molecule has 0 aromatic carbocycles. The maximum atomic E-state index is 12.0. The Kier molecular flexibility index (Phi) is 5.15. The van der Waals surface area contributed by atoms with Crippen LogP contribution in [0.3, 0.4) is 0 Å². The van der Waals surface area contributed by atoms with Crippen molar-refractivity contribution in [2.75, 3.05) is 37.3 Å². The number of amides is 1. The molecule has 1 aromatic heterocycles. The van der Waals surface area contributed by atoms with E-state index in [-0.39, 0.29) is 5.91 Å². The van der Waals surface area contributed by atoms with Gasteiger partial charge in [-0.3, -0.25) is 4.79 Å². The van der Waals surface area contributed by atoms with Gasteiger partial charge < -0.3 is 15.5 Å². The van der Waals surface area contributed by atoms with Gasteiger partial charge in [-0.2, -0.15) is 0 Å². The first kappa shape index (κ1) is 14.6. The van der Waals surface area contributed by atoms with E-state index in [2.05, 4.69) is 20.6 Å². The molecule has 1 aromatic rings. The minimum Gasteiger partial charge on any atom is -0.373 e. The molecule has 0 atom stereocenters. The minimum absolute atomic E-state index is 0.234. The van der Waals surface area contributed by atoms with Crippen LogP contribution in [-0.4, -0.2) is 47.5 Å². The Morgan fingerprint density at radius 1 is 1.25 bits per heavy atom. The normalized spacial score (nSPS) is 15.0. The molecule has 1 aliphatic heterocycles. The van der Waals surface area contributed by atoms with Crippen LogP contribution in [0.1, 0.15) is 31.2 Å². The van der Waals surface area contributed by atoms with Crippen molar-refractivity contribution in [3.8, 4) is 0 Å². The molecule has 1 amide bonds. The summed E-state index contributed by atoms with van der Waals surface area (Å²) < 4.78 is 0. The number of nitrogens with one attached hydrogen (secondary N) is 2. The molecule has 0 radical (unpaired) electrons. The fraction of sp³-hybridized carbons (Fsp3) is 0.643. The Labute approximate surface area is 120 Å². The maximum absolute atomic E-state index is 12.0. The molecule has 0 saturated carbocycles. The van der Waals surface area contributed by atoms with Gasteiger partial charge in [-0.15, -0.1) is 0 Å². The Balaban J connectivity index is 1.82. The second-order valence-corrected chi connectivity index (χ2v) is 5.06. The third kappa shape index (κ3) is 3.59. The minimum atomic E-state index is 0.234. The zero-order valence-electron chi connectivity index (χ0n) is 12.3. The zero-order valence-corrected chi connectivity index (χ0v) is 12.3. The molecular formula is C14H23N5O. The van der Waals surface area contributed by atoms with E-state index in [1.54, 1.807) is 0 Å². The Hall–Kier alpha value is -1.85. The fourth-order valence-corrected chi connectivity index (χ4v) is 2.47. The zero-order chi connectivity index (χ0) is 14.4. The molecule has 0 bridgehead atoms. The summed E-state index contributed by atoms with van der Waals surface area (Å²) in [7, 11) is 1.83. The number of hydrogen-bond acceptors (Lipinski definition) is 5. The first-order valence-electron chi connectivity index (χ1n) is 7.23. The number of likely N-dealkylation sites (tertiary alicyclic amines) is 1. The number of nitrogens with zero attached hydrogens (tertiary/aromatic N) is 3. The number of rotatable bonds is 5. The van der Waals surface area contributed by atoms with Crippen LogP contribution in [0.5, 0.6) is 0 Å². The smallest absolute Gasteiger partial charge is 0.224 e. The van der Waals surface area contributed by atoms with Crippen molar-refractivity contribution in [2.24, 2.45) is 0 Å². The molecule has 110 valence electrons. The summed E-state index contributed by atoms with van der Waals surface area (Å²) in [4.78, 5) is 22.4. The molecule has 2 heterocycles. The van der Waals surface area contributed by atoms with Gasteiger partial charge in [-0.25, -0.2) is 9.97 Å². The first-order chi connectivity index (χ1) is 9.72. The average Bonchev–Trinajstić information content (AvgIpc) is 2.49. The van der Waals surface area contributed by atoms with Crippen molar-refractivity contribution in [2.45, 2.75) is 32.6 Å². The average molecular weight is 277 g/mol. The molecule has 6 nitrogen and oxygen atoms in total. The van der Waals surface area contributed by atoms with E-state index in [4.69, 9.17) is 0 Å². The number of aromatic nitrogens is 2. The summed E-state index contributed by atoms with van der Waals surface area (Å²) in [5.74, 6) is 1.83. The van der Waals surface area contributed by atoms with Gasteiger partial charge in [-0.05, 0) is 26.2 Å². The molecule has 1 fully saturated rings. The van der Waals surface area contributed by atoms with E-state index < -0.39 is 0 Å². The van der Waals surface area contributed by atoms with Gasteiger partial charge in [0.25, 0.3) is 0 Å². The summed E-state index contributed by atoms with van der Waals surface area (Å²) in [6, 6.07) is 0. The molecule has 2 rings (SSSR count). The second-order valence-electron chi connectivity index (χ2n) is 5.06. The van der Waals surface area contributed by atoms with Gasteiger partial charge in [0.1, 0.15) is 18.0 Å². The van der Waals surface area contributed by atoms with E-state index in [0.29, 0.717) is 13.0 Å². The van der Waals surface area contributed by atoms with Crippen molar-refractivity contribution in [3.05, 3.63) is 11.9 Å². The Morgan fingerprint density at radius 3 is 2.65 bits per heavy atom. The maximum Gasteiger partial charge on any atom is 0.224 e. The highest BCUT2D eigenvalue weighted by atomic mass is 16.2. The number of piperidine rings is 1. The molecule has 0 spiro atoms. The lowest BCUT2D eigenvalue weighted by Gasteiger charge is -2.26. The summed E-state index contributed by atoms with van der Waals surface area (Å²) in [5, 5.41) is 6.24. The predicted octanol–water partition coefficient (Wildman–Crippen LogP) is 1.64. The van der Waals surface area contributed by atoms with Crippen LogP contribution in [0.2, 0.25) is 0 Å². The molecule has 20 heavy (non-hydrogen) atoms. The third-order valence-corrected chi connectivity index (χ3v) is 3.66. The van der Waals surface area contributed by atoms with Crippen LogP contribution in [-0.2, 0) is 4.79 Å². The monoisotopic (exact) mass is 277 g/mol. The van der Waals surface area contributed by atoms with Crippen LogP contribution >= 0.6 is 0 Å². The van der Waals surface area contributed by atoms with E-state index in [1.807, 2.05) is 18.9 Å². The van der Waals surface area contributed by atoms with Crippen LogP contribution in [0.15, 0.2) is 6.33 Å². The number of hydrogen-bond donors (Lipinski definition) is 2. The van der Waals surface area contributed by atoms with Gasteiger partial charge in [0.05, 0.1) is 0 Å². The van der Waals surface area contributed by atoms with Gasteiger partial charge in [0, 0.05) is 38.7 Å². The summed E-state index contributed by atoms with van der Waals surface area (Å²) in [5.41, 5.74) is 0.973. The Morgan fingerprint density at radius 2 is 1.95 bits per heavy atom. The quantitative estimate of drug-likeness (QED) is 0.856. The predicted molar refractivity (Wildman–Crippen MR) is 79.9 cm³/mol. The number of carbonyl (C=O) groups excluding carboxylic acids is 1. The van der Waals surface area contributed by atoms with Crippen LogP contribution in [0.4, 0.5) is 11.6 Å². The van der Waals surface area contributed by atoms with Crippen molar-refractivity contribution < 1.29 is 4.79 Å². The largest absolute Gasteiger partial charge is 0.373 e. The van der Waals surface area contributed by atoms with E-state index >= 15 is 0 Å².